The number of aryl methyl sites for hydroxylation is 1. The summed E-state index contributed by atoms with van der Waals surface area (Å²) in [5.74, 6) is 0.987. The van der Waals surface area contributed by atoms with Crippen molar-refractivity contribution in [2.24, 2.45) is 10.2 Å². The van der Waals surface area contributed by atoms with E-state index in [-0.39, 0.29) is 23.3 Å². The second-order valence-corrected chi connectivity index (χ2v) is 5.41. The Balaban J connectivity index is 1.76. The summed E-state index contributed by atoms with van der Waals surface area (Å²) in [7, 11) is 0. The average Bonchev–Trinajstić information content (AvgIpc) is 3.28. The van der Waals surface area contributed by atoms with Crippen molar-refractivity contribution in [2.75, 3.05) is 5.73 Å². The molecule has 0 radical (unpaired) electrons. The first-order valence-corrected chi connectivity index (χ1v) is 7.96. The molecular formula is C16H12N12. The smallest absolute Gasteiger partial charge is 0.252 e. The summed E-state index contributed by atoms with van der Waals surface area (Å²) < 4.78 is 2.70. The summed E-state index contributed by atoms with van der Waals surface area (Å²) in [6, 6.07) is 3.36. The largest absolute Gasteiger partial charge is 0.382 e. The summed E-state index contributed by atoms with van der Waals surface area (Å²) in [6.07, 6.45) is 7.67. The van der Waals surface area contributed by atoms with E-state index in [1.807, 2.05) is 0 Å². The van der Waals surface area contributed by atoms with Gasteiger partial charge in [-0.2, -0.15) is 19.6 Å². The van der Waals surface area contributed by atoms with E-state index in [0.717, 1.165) is 0 Å². The molecule has 4 aromatic rings. The average molecular weight is 372 g/mol. The van der Waals surface area contributed by atoms with Gasteiger partial charge in [-0.3, -0.25) is 0 Å². The number of rotatable bonds is 4. The van der Waals surface area contributed by atoms with Crippen LogP contribution in [0.1, 0.15) is 5.69 Å². The van der Waals surface area contributed by atoms with Crippen molar-refractivity contribution >= 4 is 23.0 Å². The highest BCUT2D eigenvalue weighted by Gasteiger charge is 2.17. The molecule has 4 heterocycles. The van der Waals surface area contributed by atoms with Gasteiger partial charge in [-0.05, 0) is 19.1 Å². The van der Waals surface area contributed by atoms with Gasteiger partial charge in [0, 0.05) is 24.8 Å². The van der Waals surface area contributed by atoms with Crippen molar-refractivity contribution < 1.29 is 0 Å². The van der Waals surface area contributed by atoms with E-state index in [2.05, 4.69) is 45.2 Å². The topological polar surface area (TPSA) is 142 Å². The van der Waals surface area contributed by atoms with E-state index in [9.17, 15) is 0 Å². The van der Waals surface area contributed by atoms with Gasteiger partial charge in [-0.25, -0.2) is 24.8 Å². The quantitative estimate of drug-likeness (QED) is 0.428. The minimum absolute atomic E-state index is 0.184. The molecule has 0 saturated carbocycles. The molecule has 0 fully saturated rings. The maximum atomic E-state index is 7.32. The monoisotopic (exact) mass is 372 g/mol. The molecule has 28 heavy (non-hydrogen) atoms. The van der Waals surface area contributed by atoms with Gasteiger partial charge in [0.1, 0.15) is 0 Å². The minimum atomic E-state index is 0.184. The van der Waals surface area contributed by atoms with Gasteiger partial charge < -0.3 is 5.73 Å². The SMILES string of the molecule is [C-]#[N+]c1cnn(-c2ncccn2)c1/N=N/c1c(C)nn(-c2ncccn2)c1N. The number of nitrogens with two attached hydrogens (primary N) is 1. The maximum Gasteiger partial charge on any atom is 0.252 e. The predicted molar refractivity (Wildman–Crippen MR) is 97.9 cm³/mol. The van der Waals surface area contributed by atoms with Gasteiger partial charge in [-0.15, -0.1) is 10.2 Å². The van der Waals surface area contributed by atoms with Crippen LogP contribution in [0.4, 0.5) is 23.0 Å². The molecule has 4 rings (SSSR count). The molecule has 0 spiro atoms. The second-order valence-electron chi connectivity index (χ2n) is 5.41. The zero-order chi connectivity index (χ0) is 19.5. The van der Waals surface area contributed by atoms with Gasteiger partial charge in [0.25, 0.3) is 17.6 Å². The van der Waals surface area contributed by atoms with Crippen molar-refractivity contribution in [3.63, 3.8) is 0 Å². The lowest BCUT2D eigenvalue weighted by molar-refractivity contribution is 0.803. The summed E-state index contributed by atoms with van der Waals surface area (Å²) in [6.45, 7) is 9.05. The van der Waals surface area contributed by atoms with Crippen molar-refractivity contribution in [1.82, 2.24) is 39.5 Å². The first kappa shape index (κ1) is 16.9. The van der Waals surface area contributed by atoms with Crippen LogP contribution in [-0.4, -0.2) is 39.5 Å². The van der Waals surface area contributed by atoms with Gasteiger partial charge in [0.15, 0.2) is 17.3 Å². The van der Waals surface area contributed by atoms with Gasteiger partial charge in [0.2, 0.25) is 0 Å². The first-order valence-electron chi connectivity index (χ1n) is 7.96. The lowest BCUT2D eigenvalue weighted by Crippen LogP contribution is -2.05. The van der Waals surface area contributed by atoms with Crippen LogP contribution in [0.2, 0.25) is 0 Å². The Morgan fingerprint density at radius 1 is 0.964 bits per heavy atom. The standard InChI is InChI=1S/C16H12N12/c1-10-12(13(17)27(26-10)15-19-5-3-6-20-15)24-25-14-11(18-2)9-23-28(14)16-21-7-4-8-22-16/h3-9H,17H2,1H3/b25-24+. The molecule has 0 aliphatic carbocycles. The summed E-state index contributed by atoms with van der Waals surface area (Å²) in [5, 5.41) is 16.8. The van der Waals surface area contributed by atoms with E-state index in [1.165, 1.54) is 15.6 Å². The number of azo groups is 1. The van der Waals surface area contributed by atoms with E-state index in [4.69, 9.17) is 12.3 Å². The van der Waals surface area contributed by atoms with Crippen LogP contribution in [0.25, 0.3) is 16.7 Å². The van der Waals surface area contributed by atoms with Crippen LogP contribution in [0.3, 0.4) is 0 Å². The Bertz CT molecular complexity index is 1180. The highest BCUT2D eigenvalue weighted by atomic mass is 15.4. The van der Waals surface area contributed by atoms with E-state index >= 15 is 0 Å². The molecule has 0 saturated heterocycles. The normalized spacial score (nSPS) is 11.0. The number of nitrogens with zero attached hydrogens (tertiary/aromatic N) is 11. The number of hydrogen-bond acceptors (Lipinski definition) is 9. The summed E-state index contributed by atoms with van der Waals surface area (Å²) in [5.41, 5.74) is 7.22. The third kappa shape index (κ3) is 2.92. The van der Waals surface area contributed by atoms with Gasteiger partial charge in [-0.1, -0.05) is 0 Å². The Labute approximate surface area is 158 Å². The van der Waals surface area contributed by atoms with Crippen LogP contribution < -0.4 is 5.73 Å². The van der Waals surface area contributed by atoms with Crippen molar-refractivity contribution in [2.45, 2.75) is 6.92 Å². The van der Waals surface area contributed by atoms with Crippen LogP contribution in [0.5, 0.6) is 0 Å². The Kier molecular flexibility index (Phi) is 4.23. The molecule has 0 unspecified atom stereocenters. The van der Waals surface area contributed by atoms with Gasteiger partial charge >= 0.3 is 0 Å². The molecule has 2 N–H and O–H groups in total. The van der Waals surface area contributed by atoms with Crippen molar-refractivity contribution in [3.05, 3.63) is 60.2 Å². The third-order valence-corrected chi connectivity index (χ3v) is 3.64. The number of anilines is 1. The molecule has 0 aromatic carbocycles. The van der Waals surface area contributed by atoms with Crippen molar-refractivity contribution in [3.8, 4) is 11.9 Å². The lowest BCUT2D eigenvalue weighted by Gasteiger charge is -2.01. The number of nitrogen functional groups attached to an aromatic ring is 1. The Hall–Kier alpha value is -4.53. The molecule has 12 heteroatoms. The molecule has 0 amide bonds. The molecule has 0 aliphatic rings. The van der Waals surface area contributed by atoms with Crippen LogP contribution in [0.15, 0.2) is 53.3 Å². The molecule has 0 bridgehead atoms. The fourth-order valence-electron chi connectivity index (χ4n) is 2.36. The summed E-state index contributed by atoms with van der Waals surface area (Å²) in [4.78, 5) is 19.9. The summed E-state index contributed by atoms with van der Waals surface area (Å²) >= 11 is 0. The molecule has 4 aromatic heterocycles. The first-order chi connectivity index (χ1) is 13.7. The molecule has 0 atom stereocenters. The fourth-order valence-corrected chi connectivity index (χ4v) is 2.36. The molecular weight excluding hydrogens is 360 g/mol. The number of hydrogen-bond donors (Lipinski definition) is 1. The second kappa shape index (κ2) is 7.00. The fraction of sp³-hybridized carbons (Fsp3) is 0.0625. The maximum absolute atomic E-state index is 7.32. The Morgan fingerprint density at radius 2 is 1.57 bits per heavy atom. The van der Waals surface area contributed by atoms with Gasteiger partial charge in [0.05, 0.1) is 18.5 Å². The van der Waals surface area contributed by atoms with Crippen LogP contribution >= 0.6 is 0 Å². The Morgan fingerprint density at radius 3 is 2.18 bits per heavy atom. The zero-order valence-electron chi connectivity index (χ0n) is 14.5. The zero-order valence-corrected chi connectivity index (χ0v) is 14.5. The number of aromatic nitrogens is 8. The molecule has 136 valence electrons. The lowest BCUT2D eigenvalue weighted by atomic mass is 10.4. The highest BCUT2D eigenvalue weighted by molar-refractivity contribution is 5.65. The van der Waals surface area contributed by atoms with Crippen LogP contribution in [0, 0.1) is 13.5 Å². The predicted octanol–water partition coefficient (Wildman–Crippen LogP) is 2.49. The van der Waals surface area contributed by atoms with E-state index in [0.29, 0.717) is 17.3 Å². The minimum Gasteiger partial charge on any atom is -0.382 e. The highest BCUT2D eigenvalue weighted by Crippen LogP contribution is 2.33. The van der Waals surface area contributed by atoms with E-state index in [1.54, 1.807) is 43.8 Å². The van der Waals surface area contributed by atoms with Crippen LogP contribution in [-0.2, 0) is 0 Å². The molecule has 0 aliphatic heterocycles. The molecule has 12 nitrogen and oxygen atoms in total. The van der Waals surface area contributed by atoms with E-state index < -0.39 is 0 Å². The third-order valence-electron chi connectivity index (χ3n) is 3.64. The van der Waals surface area contributed by atoms with Crippen molar-refractivity contribution in [1.29, 1.82) is 0 Å².